The van der Waals surface area contributed by atoms with Gasteiger partial charge in [0.15, 0.2) is 0 Å². The first kappa shape index (κ1) is 21.9. The molecule has 8 heteroatoms. The number of rotatable bonds is 4. The van der Waals surface area contributed by atoms with Crippen molar-refractivity contribution in [2.75, 3.05) is 22.9 Å². The molecule has 2 aliphatic heterocycles. The van der Waals surface area contributed by atoms with Crippen molar-refractivity contribution in [2.24, 2.45) is 5.41 Å². The van der Waals surface area contributed by atoms with Crippen molar-refractivity contribution in [3.63, 3.8) is 0 Å². The van der Waals surface area contributed by atoms with Gasteiger partial charge in [-0.3, -0.25) is 9.69 Å². The summed E-state index contributed by atoms with van der Waals surface area (Å²) in [7, 11) is 0. The molecule has 2 aliphatic rings. The number of hydrogen-bond acceptors (Lipinski definition) is 5. The smallest absolute Gasteiger partial charge is 0.414 e. The normalized spacial score (nSPS) is 21.3. The van der Waals surface area contributed by atoms with Gasteiger partial charge in [-0.05, 0) is 56.4 Å². The number of nitrogens with one attached hydrogen (secondary N) is 1. The molecule has 0 saturated carbocycles. The molecule has 0 aliphatic carbocycles. The van der Waals surface area contributed by atoms with Crippen LogP contribution in [0.2, 0.25) is 0 Å². The number of nitrogens with zero attached hydrogens (tertiary/aromatic N) is 2. The van der Waals surface area contributed by atoms with Crippen molar-refractivity contribution in [1.29, 1.82) is 0 Å². The summed E-state index contributed by atoms with van der Waals surface area (Å²) in [5.74, 6) is 0. The van der Waals surface area contributed by atoms with Gasteiger partial charge in [0.05, 0.1) is 13.1 Å². The first-order chi connectivity index (χ1) is 13.9. The fourth-order valence-corrected chi connectivity index (χ4v) is 3.83. The average Bonchev–Trinajstić information content (AvgIpc) is 3.17. The minimum absolute atomic E-state index is 0.0644. The van der Waals surface area contributed by atoms with Crippen molar-refractivity contribution >= 4 is 30.0 Å². The van der Waals surface area contributed by atoms with Gasteiger partial charge in [0, 0.05) is 17.4 Å². The minimum atomic E-state index is -0.590. The molecule has 0 bridgehead atoms. The van der Waals surface area contributed by atoms with Gasteiger partial charge in [0.25, 0.3) is 0 Å². The van der Waals surface area contributed by atoms with Crippen LogP contribution in [-0.2, 0) is 20.7 Å². The summed E-state index contributed by atoms with van der Waals surface area (Å²) >= 11 is 0. The summed E-state index contributed by atoms with van der Waals surface area (Å²) in [5.41, 5.74) is 1.98. The van der Waals surface area contributed by atoms with Crippen LogP contribution in [0.3, 0.4) is 0 Å². The Bertz CT molecular complexity index is 840. The van der Waals surface area contributed by atoms with Crippen LogP contribution < -0.4 is 15.1 Å². The summed E-state index contributed by atoms with van der Waals surface area (Å²) in [6, 6.07) is 5.72. The molecular weight excluding hydrogens is 386 g/mol. The summed E-state index contributed by atoms with van der Waals surface area (Å²) in [4.78, 5) is 39.2. The van der Waals surface area contributed by atoms with Crippen molar-refractivity contribution in [3.05, 3.63) is 23.8 Å². The third-order valence-electron chi connectivity index (χ3n) is 5.26. The van der Waals surface area contributed by atoms with E-state index in [0.29, 0.717) is 6.54 Å². The van der Waals surface area contributed by atoms with Crippen LogP contribution in [-0.4, -0.2) is 49.4 Å². The molecule has 30 heavy (non-hydrogen) atoms. The minimum Gasteiger partial charge on any atom is -0.444 e. The Kier molecular flexibility index (Phi) is 5.71. The predicted molar refractivity (Wildman–Crippen MR) is 114 cm³/mol. The molecule has 0 spiro atoms. The predicted octanol–water partition coefficient (Wildman–Crippen LogP) is 3.47. The summed E-state index contributed by atoms with van der Waals surface area (Å²) in [5, 5.41) is 2.64. The number of cyclic esters (lactones) is 1. The standard InChI is InChI=1S/C22H31N3O5/c1-21(2,3)18-10-14-9-15(7-8-17(14)25(18)13-26)24-12-16(29-20(24)28)11-23-19(27)30-22(4,5)6/h7-9,13,16,18H,10-12H2,1-6H3,(H,23,27)/t16-,18?/m0/s1. The van der Waals surface area contributed by atoms with Crippen LogP contribution in [0.5, 0.6) is 0 Å². The highest BCUT2D eigenvalue weighted by molar-refractivity contribution is 5.91. The molecule has 0 aromatic heterocycles. The lowest BCUT2D eigenvalue weighted by Gasteiger charge is -2.32. The van der Waals surface area contributed by atoms with E-state index in [1.807, 2.05) is 18.2 Å². The van der Waals surface area contributed by atoms with Gasteiger partial charge in [0.2, 0.25) is 6.41 Å². The maximum Gasteiger partial charge on any atom is 0.414 e. The van der Waals surface area contributed by atoms with E-state index in [1.54, 1.807) is 30.6 Å². The lowest BCUT2D eigenvalue weighted by atomic mass is 9.84. The molecule has 3 rings (SSSR count). The number of fused-ring (bicyclic) bond motifs is 1. The number of hydrogen-bond donors (Lipinski definition) is 1. The highest BCUT2D eigenvalue weighted by Gasteiger charge is 2.39. The maximum atomic E-state index is 12.4. The van der Waals surface area contributed by atoms with E-state index >= 15 is 0 Å². The molecule has 1 N–H and O–H groups in total. The Morgan fingerprint density at radius 2 is 1.97 bits per heavy atom. The summed E-state index contributed by atoms with van der Waals surface area (Å²) < 4.78 is 10.6. The van der Waals surface area contributed by atoms with Crippen LogP contribution in [0.1, 0.15) is 47.1 Å². The highest BCUT2D eigenvalue weighted by Crippen LogP contribution is 2.40. The number of amides is 3. The SMILES string of the molecule is CC(C)(C)OC(=O)NC[C@H]1CN(c2ccc3c(c2)CC(C(C)(C)C)N3C=O)C(=O)O1. The van der Waals surface area contributed by atoms with Crippen LogP contribution in [0.25, 0.3) is 0 Å². The third kappa shape index (κ3) is 4.68. The summed E-state index contributed by atoms with van der Waals surface area (Å²) in [6.45, 7) is 12.2. The Hall–Kier alpha value is -2.77. The lowest BCUT2D eigenvalue weighted by molar-refractivity contribution is -0.108. The van der Waals surface area contributed by atoms with E-state index in [-0.39, 0.29) is 18.0 Å². The molecule has 1 aromatic rings. The van der Waals surface area contributed by atoms with E-state index in [4.69, 9.17) is 9.47 Å². The quantitative estimate of drug-likeness (QED) is 0.758. The molecule has 1 unspecified atom stereocenters. The molecule has 1 saturated heterocycles. The first-order valence-corrected chi connectivity index (χ1v) is 10.2. The Morgan fingerprint density at radius 1 is 1.27 bits per heavy atom. The molecule has 2 heterocycles. The second kappa shape index (κ2) is 7.81. The Labute approximate surface area is 177 Å². The fraction of sp³-hybridized carbons (Fsp3) is 0.591. The van der Waals surface area contributed by atoms with Crippen molar-refractivity contribution in [2.45, 2.75) is 65.7 Å². The number of benzene rings is 1. The topological polar surface area (TPSA) is 88.2 Å². The summed E-state index contributed by atoms with van der Waals surface area (Å²) in [6.07, 6.45) is 0.147. The lowest BCUT2D eigenvalue weighted by Crippen LogP contribution is -2.41. The van der Waals surface area contributed by atoms with E-state index in [0.717, 1.165) is 29.8 Å². The first-order valence-electron chi connectivity index (χ1n) is 10.2. The molecule has 1 aromatic carbocycles. The van der Waals surface area contributed by atoms with Crippen molar-refractivity contribution in [1.82, 2.24) is 5.32 Å². The second-order valence-electron chi connectivity index (χ2n) is 9.91. The van der Waals surface area contributed by atoms with Gasteiger partial charge < -0.3 is 19.7 Å². The molecule has 164 valence electrons. The molecular formula is C22H31N3O5. The third-order valence-corrected chi connectivity index (χ3v) is 5.26. The Balaban J connectivity index is 1.67. The molecule has 3 amide bonds. The number of carbonyl (C=O) groups is 3. The van der Waals surface area contributed by atoms with E-state index in [9.17, 15) is 14.4 Å². The van der Waals surface area contributed by atoms with Crippen molar-refractivity contribution < 1.29 is 23.9 Å². The van der Waals surface area contributed by atoms with Gasteiger partial charge in [-0.25, -0.2) is 9.59 Å². The van der Waals surface area contributed by atoms with E-state index in [2.05, 4.69) is 26.1 Å². The number of carbonyl (C=O) groups excluding carboxylic acids is 3. The molecule has 2 atom stereocenters. The van der Waals surface area contributed by atoms with E-state index < -0.39 is 23.9 Å². The van der Waals surface area contributed by atoms with Crippen LogP contribution in [0, 0.1) is 5.41 Å². The monoisotopic (exact) mass is 417 g/mol. The molecule has 1 fully saturated rings. The number of alkyl carbamates (subject to hydrolysis) is 1. The Morgan fingerprint density at radius 3 is 2.57 bits per heavy atom. The van der Waals surface area contributed by atoms with E-state index in [1.165, 1.54) is 0 Å². The van der Waals surface area contributed by atoms with Crippen molar-refractivity contribution in [3.8, 4) is 0 Å². The zero-order valence-corrected chi connectivity index (χ0v) is 18.5. The molecule has 0 radical (unpaired) electrons. The highest BCUT2D eigenvalue weighted by atomic mass is 16.6. The van der Waals surface area contributed by atoms with Gasteiger partial charge in [-0.15, -0.1) is 0 Å². The second-order valence-corrected chi connectivity index (χ2v) is 9.91. The van der Waals surface area contributed by atoms with Crippen LogP contribution in [0.15, 0.2) is 18.2 Å². The zero-order chi connectivity index (χ0) is 22.3. The van der Waals surface area contributed by atoms with Crippen LogP contribution >= 0.6 is 0 Å². The van der Waals surface area contributed by atoms with Gasteiger partial charge in [-0.1, -0.05) is 20.8 Å². The van der Waals surface area contributed by atoms with Gasteiger partial charge in [0.1, 0.15) is 11.7 Å². The molecule has 8 nitrogen and oxygen atoms in total. The van der Waals surface area contributed by atoms with Gasteiger partial charge in [-0.2, -0.15) is 0 Å². The maximum absolute atomic E-state index is 12.4. The fourth-order valence-electron chi connectivity index (χ4n) is 3.83. The average molecular weight is 418 g/mol. The number of anilines is 2. The van der Waals surface area contributed by atoms with Crippen LogP contribution in [0.4, 0.5) is 21.0 Å². The van der Waals surface area contributed by atoms with Gasteiger partial charge >= 0.3 is 12.2 Å². The zero-order valence-electron chi connectivity index (χ0n) is 18.5. The number of ether oxygens (including phenoxy) is 2. The largest absolute Gasteiger partial charge is 0.444 e.